The summed E-state index contributed by atoms with van der Waals surface area (Å²) in [5.41, 5.74) is 0.979. The van der Waals surface area contributed by atoms with Gasteiger partial charge in [-0.2, -0.15) is 0 Å². The predicted molar refractivity (Wildman–Crippen MR) is 69.9 cm³/mol. The molecule has 0 aromatic heterocycles. The maximum Gasteiger partial charge on any atom is 0.314 e. The first-order valence-corrected chi connectivity index (χ1v) is 6.57. The molecule has 1 aromatic rings. The van der Waals surface area contributed by atoms with Gasteiger partial charge >= 0.3 is 5.97 Å². The normalized spacial score (nSPS) is 16.6. The highest BCUT2D eigenvalue weighted by Crippen LogP contribution is 2.27. The van der Waals surface area contributed by atoms with E-state index in [1.165, 1.54) is 20.0 Å². The lowest BCUT2D eigenvalue weighted by atomic mass is 9.99. The molecule has 4 heteroatoms. The largest absolute Gasteiger partial charge is 0.469 e. The maximum atomic E-state index is 11.8. The van der Waals surface area contributed by atoms with Crippen molar-refractivity contribution in [3.8, 4) is 0 Å². The van der Waals surface area contributed by atoms with Gasteiger partial charge in [-0.05, 0) is 24.5 Å². The molecule has 1 atom stereocenters. The third-order valence-corrected chi connectivity index (χ3v) is 3.68. The average Bonchev–Trinajstić information content (AvgIpc) is 3.15. The summed E-state index contributed by atoms with van der Waals surface area (Å²) >= 11 is 3.48. The number of esters is 1. The Morgan fingerprint density at radius 3 is 2.82 bits per heavy atom. The van der Waals surface area contributed by atoms with E-state index in [9.17, 15) is 4.79 Å². The second-order valence-electron chi connectivity index (χ2n) is 4.28. The minimum Gasteiger partial charge on any atom is -0.469 e. The van der Waals surface area contributed by atoms with Crippen LogP contribution in [-0.4, -0.2) is 25.7 Å². The van der Waals surface area contributed by atoms with Gasteiger partial charge in [0.25, 0.3) is 0 Å². The summed E-state index contributed by atoms with van der Waals surface area (Å²) in [7, 11) is 1.43. The van der Waals surface area contributed by atoms with Crippen LogP contribution in [-0.2, 0) is 9.53 Å². The van der Waals surface area contributed by atoms with Gasteiger partial charge in [-0.25, -0.2) is 0 Å². The van der Waals surface area contributed by atoms with Crippen LogP contribution in [0.1, 0.15) is 24.3 Å². The number of carbonyl (C=O) groups is 1. The number of methoxy groups -OCH3 is 1. The molecule has 1 aromatic carbocycles. The highest BCUT2D eigenvalue weighted by molar-refractivity contribution is 9.10. The second kappa shape index (κ2) is 5.65. The Kier molecular flexibility index (Phi) is 4.18. The Balaban J connectivity index is 2.13. The van der Waals surface area contributed by atoms with E-state index < -0.39 is 0 Å². The monoisotopic (exact) mass is 297 g/mol. The van der Waals surface area contributed by atoms with Crippen molar-refractivity contribution in [2.45, 2.75) is 24.8 Å². The molecule has 17 heavy (non-hydrogen) atoms. The van der Waals surface area contributed by atoms with E-state index in [4.69, 9.17) is 4.74 Å². The van der Waals surface area contributed by atoms with Gasteiger partial charge in [-0.3, -0.25) is 4.79 Å². The Labute approximate surface area is 110 Å². The van der Waals surface area contributed by atoms with E-state index in [2.05, 4.69) is 21.2 Å². The number of carbonyl (C=O) groups excluding carboxylic acids is 1. The molecule has 1 aliphatic rings. The van der Waals surface area contributed by atoms with Crippen LogP contribution in [0.4, 0.5) is 0 Å². The fourth-order valence-electron chi connectivity index (χ4n) is 1.79. The van der Waals surface area contributed by atoms with Crippen LogP contribution in [0.3, 0.4) is 0 Å². The first-order valence-electron chi connectivity index (χ1n) is 5.78. The molecular formula is C13H16BrNO2. The van der Waals surface area contributed by atoms with Crippen LogP contribution in [0, 0.1) is 0 Å². The quantitative estimate of drug-likeness (QED) is 0.849. The van der Waals surface area contributed by atoms with Gasteiger partial charge in [0.1, 0.15) is 0 Å². The molecule has 1 unspecified atom stereocenters. The lowest BCUT2D eigenvalue weighted by Gasteiger charge is -2.17. The van der Waals surface area contributed by atoms with Crippen LogP contribution in [0.5, 0.6) is 0 Å². The molecule has 1 saturated carbocycles. The van der Waals surface area contributed by atoms with E-state index in [1.54, 1.807) is 0 Å². The van der Waals surface area contributed by atoms with Crippen molar-refractivity contribution >= 4 is 21.9 Å². The fraction of sp³-hybridized carbons (Fsp3) is 0.462. The van der Waals surface area contributed by atoms with Crippen molar-refractivity contribution in [2.24, 2.45) is 0 Å². The number of halogens is 1. The van der Waals surface area contributed by atoms with Gasteiger partial charge < -0.3 is 10.1 Å². The smallest absolute Gasteiger partial charge is 0.314 e. The van der Waals surface area contributed by atoms with E-state index in [0.717, 1.165) is 10.0 Å². The molecule has 1 N–H and O–H groups in total. The molecule has 0 aliphatic heterocycles. The van der Waals surface area contributed by atoms with Crippen LogP contribution in [0.15, 0.2) is 28.7 Å². The van der Waals surface area contributed by atoms with Gasteiger partial charge in [-0.1, -0.05) is 34.1 Å². The minimum atomic E-state index is -0.240. The highest BCUT2D eigenvalue weighted by Gasteiger charge is 2.27. The Hall–Kier alpha value is -0.870. The summed E-state index contributed by atoms with van der Waals surface area (Å²) < 4.78 is 5.83. The molecule has 0 saturated heterocycles. The number of ether oxygens (including phenoxy) is 1. The van der Waals surface area contributed by atoms with E-state index in [0.29, 0.717) is 12.6 Å². The first-order chi connectivity index (χ1) is 8.22. The van der Waals surface area contributed by atoms with Crippen molar-refractivity contribution in [3.05, 3.63) is 34.3 Å². The van der Waals surface area contributed by atoms with Gasteiger partial charge in [0.05, 0.1) is 13.0 Å². The molecule has 1 fully saturated rings. The van der Waals surface area contributed by atoms with Crippen LogP contribution in [0.2, 0.25) is 0 Å². The first kappa shape index (κ1) is 12.6. The molecule has 0 bridgehead atoms. The average molecular weight is 298 g/mol. The van der Waals surface area contributed by atoms with Crippen molar-refractivity contribution in [3.63, 3.8) is 0 Å². The zero-order valence-corrected chi connectivity index (χ0v) is 11.4. The summed E-state index contributed by atoms with van der Waals surface area (Å²) in [4.78, 5) is 11.8. The molecule has 0 amide bonds. The topological polar surface area (TPSA) is 38.3 Å². The van der Waals surface area contributed by atoms with Gasteiger partial charge in [-0.15, -0.1) is 0 Å². The molecule has 3 nitrogen and oxygen atoms in total. The molecule has 0 spiro atoms. The minimum absolute atomic E-state index is 0.190. The Morgan fingerprint density at radius 2 is 2.24 bits per heavy atom. The number of nitrogens with one attached hydrogen (secondary N) is 1. The fourth-order valence-corrected chi connectivity index (χ4v) is 2.35. The zero-order valence-electron chi connectivity index (χ0n) is 9.78. The zero-order chi connectivity index (χ0) is 12.3. The molecule has 92 valence electrons. The van der Waals surface area contributed by atoms with Crippen molar-refractivity contribution in [1.29, 1.82) is 0 Å². The summed E-state index contributed by atoms with van der Waals surface area (Å²) in [6.07, 6.45) is 2.42. The molecule has 1 aliphatic carbocycles. The van der Waals surface area contributed by atoms with Crippen molar-refractivity contribution < 1.29 is 9.53 Å². The third kappa shape index (κ3) is 3.30. The number of benzene rings is 1. The van der Waals surface area contributed by atoms with Gasteiger partial charge in [0, 0.05) is 17.1 Å². The molecular weight excluding hydrogens is 282 g/mol. The summed E-state index contributed by atoms with van der Waals surface area (Å²) in [6.45, 7) is 0.639. The number of hydrogen-bond acceptors (Lipinski definition) is 3. The maximum absolute atomic E-state index is 11.8. The lowest BCUT2D eigenvalue weighted by Crippen LogP contribution is -2.29. The Morgan fingerprint density at radius 1 is 1.53 bits per heavy atom. The Bertz CT molecular complexity index is 404. The molecule has 2 rings (SSSR count). The molecule has 0 radical (unpaired) electrons. The number of hydrogen-bond donors (Lipinski definition) is 1. The van der Waals surface area contributed by atoms with Gasteiger partial charge in [0.2, 0.25) is 0 Å². The van der Waals surface area contributed by atoms with Crippen LogP contribution >= 0.6 is 15.9 Å². The van der Waals surface area contributed by atoms with E-state index >= 15 is 0 Å². The van der Waals surface area contributed by atoms with Gasteiger partial charge in [0.15, 0.2) is 0 Å². The van der Waals surface area contributed by atoms with E-state index in [1.807, 2.05) is 24.3 Å². The second-order valence-corrected chi connectivity index (χ2v) is 5.13. The van der Waals surface area contributed by atoms with Crippen molar-refractivity contribution in [1.82, 2.24) is 5.32 Å². The van der Waals surface area contributed by atoms with Crippen LogP contribution < -0.4 is 5.32 Å². The summed E-state index contributed by atoms with van der Waals surface area (Å²) in [5, 5.41) is 3.38. The SMILES string of the molecule is COC(=O)C(CNC1CC1)c1ccccc1Br. The van der Waals surface area contributed by atoms with Crippen LogP contribution in [0.25, 0.3) is 0 Å². The van der Waals surface area contributed by atoms with E-state index in [-0.39, 0.29) is 11.9 Å². The molecule has 0 heterocycles. The summed E-state index contributed by atoms with van der Waals surface area (Å²) in [6, 6.07) is 8.37. The highest BCUT2D eigenvalue weighted by atomic mass is 79.9. The third-order valence-electron chi connectivity index (χ3n) is 2.95. The predicted octanol–water partition coefficient (Wildman–Crippen LogP) is 2.46. The van der Waals surface area contributed by atoms with Crippen molar-refractivity contribution in [2.75, 3.05) is 13.7 Å². The number of rotatable bonds is 5. The lowest BCUT2D eigenvalue weighted by molar-refractivity contribution is -0.142. The summed E-state index contributed by atoms with van der Waals surface area (Å²) in [5.74, 6) is -0.429. The standard InChI is InChI=1S/C13H16BrNO2/c1-17-13(16)11(8-15-9-6-7-9)10-4-2-3-5-12(10)14/h2-5,9,11,15H,6-8H2,1H3.